The van der Waals surface area contributed by atoms with Gasteiger partial charge in [-0.1, -0.05) is 248 Å². The van der Waals surface area contributed by atoms with Gasteiger partial charge in [-0.2, -0.15) is 0 Å². The maximum Gasteiger partial charge on any atom is 0.472 e. The molecule has 0 saturated carbocycles. The maximum atomic E-state index is 13.0. The number of hydrogen-bond acceptors (Lipinski definition) is 10. The SMILES string of the molecule is CC/C=C\C/C=C\C/C=C\CCCCCCCCCC(=O)OC(CO)COP(=O)(O)OCC(COC(=O)CCCCCCCCC/C=C\C/C=C\CCCCC)OC(=O)CCCCCCCCCCC/C=C\CCCCCCCC. The van der Waals surface area contributed by atoms with E-state index in [1.165, 1.54) is 141 Å². The average molecular weight is 1150 g/mol. The Balaban J connectivity index is 4.70. The standard InChI is InChI=1S/C68H121O11P/c1-4-7-10-13-16-19-22-25-28-31-32-35-38-41-44-47-50-53-56-59-68(72)79-65(61-75-66(70)57-54-51-48-45-42-39-36-33-29-26-23-20-17-14-11-8-5-2)63-77-80(73,74)76-62-64(60-69)78-67(71)58-55-52-49-46-43-40-37-34-30-27-24-21-18-15-12-9-6-3/h9,12,17-18,20-21,25-30,64-65,69H,4-8,10-11,13-16,19,22-24,31-63H2,1-3H3,(H,73,74)/b12-9-,20-17-,21-18-,28-25-,29-26-,30-27-. The van der Waals surface area contributed by atoms with Crippen molar-refractivity contribution in [3.63, 3.8) is 0 Å². The zero-order chi connectivity index (χ0) is 58.3. The Kier molecular flexibility index (Phi) is 59.6. The van der Waals surface area contributed by atoms with E-state index in [2.05, 4.69) is 93.7 Å². The predicted octanol–water partition coefficient (Wildman–Crippen LogP) is 20.0. The number of ether oxygens (including phenoxy) is 3. The second-order valence-corrected chi connectivity index (χ2v) is 23.3. The van der Waals surface area contributed by atoms with E-state index in [0.29, 0.717) is 19.3 Å². The van der Waals surface area contributed by atoms with Crippen molar-refractivity contribution < 1.29 is 52.2 Å². The Hall–Kier alpha value is -3.08. The number of aliphatic hydroxyl groups is 1. The van der Waals surface area contributed by atoms with Gasteiger partial charge in [0.2, 0.25) is 0 Å². The van der Waals surface area contributed by atoms with Crippen molar-refractivity contribution in [2.45, 2.75) is 315 Å². The van der Waals surface area contributed by atoms with Crippen molar-refractivity contribution in [2.75, 3.05) is 26.4 Å². The molecular formula is C68H121O11P. The summed E-state index contributed by atoms with van der Waals surface area (Å²) in [6, 6.07) is 0. The van der Waals surface area contributed by atoms with Crippen molar-refractivity contribution in [3.8, 4) is 0 Å². The van der Waals surface area contributed by atoms with Crippen LogP contribution in [0, 0.1) is 0 Å². The molecule has 0 heterocycles. The van der Waals surface area contributed by atoms with Crippen LogP contribution in [0.2, 0.25) is 0 Å². The summed E-state index contributed by atoms with van der Waals surface area (Å²) < 4.78 is 39.7. The lowest BCUT2D eigenvalue weighted by Crippen LogP contribution is -2.30. The third kappa shape index (κ3) is 59.5. The number of allylic oxidation sites excluding steroid dienone is 12. The molecule has 3 unspecified atom stereocenters. The topological polar surface area (TPSA) is 155 Å². The first kappa shape index (κ1) is 76.9. The predicted molar refractivity (Wildman–Crippen MR) is 335 cm³/mol. The Morgan fingerprint density at radius 1 is 0.362 bits per heavy atom. The van der Waals surface area contributed by atoms with Crippen LogP contribution in [-0.2, 0) is 42.2 Å². The summed E-state index contributed by atoms with van der Waals surface area (Å²) in [5.41, 5.74) is 0. The fourth-order valence-corrected chi connectivity index (χ4v) is 9.89. The Labute approximate surface area is 490 Å². The lowest BCUT2D eigenvalue weighted by molar-refractivity contribution is -0.161. The van der Waals surface area contributed by atoms with Crippen LogP contribution >= 0.6 is 7.82 Å². The van der Waals surface area contributed by atoms with E-state index in [0.717, 1.165) is 103 Å². The number of hydrogen-bond donors (Lipinski definition) is 2. The molecule has 0 aliphatic carbocycles. The van der Waals surface area contributed by atoms with E-state index in [-0.39, 0.29) is 25.9 Å². The minimum atomic E-state index is -4.76. The van der Waals surface area contributed by atoms with Crippen LogP contribution in [-0.4, -0.2) is 66.5 Å². The fourth-order valence-electron chi connectivity index (χ4n) is 9.10. The summed E-state index contributed by atoms with van der Waals surface area (Å²) in [6.07, 6.45) is 71.3. The molecule has 0 radical (unpaired) electrons. The molecule has 0 bridgehead atoms. The molecule has 0 fully saturated rings. The molecule has 2 N–H and O–H groups in total. The minimum absolute atomic E-state index is 0.163. The molecular weight excluding hydrogens is 1020 g/mol. The van der Waals surface area contributed by atoms with Crippen molar-refractivity contribution >= 4 is 25.7 Å². The largest absolute Gasteiger partial charge is 0.472 e. The number of phosphoric ester groups is 1. The first-order valence-corrected chi connectivity index (χ1v) is 34.3. The highest BCUT2D eigenvalue weighted by atomic mass is 31.2. The zero-order valence-corrected chi connectivity index (χ0v) is 52.4. The zero-order valence-electron chi connectivity index (χ0n) is 51.5. The Bertz CT molecular complexity index is 1620. The first-order valence-electron chi connectivity index (χ1n) is 32.8. The Morgan fingerprint density at radius 3 is 1.04 bits per heavy atom. The molecule has 11 nitrogen and oxygen atoms in total. The molecule has 0 rings (SSSR count). The van der Waals surface area contributed by atoms with Crippen LogP contribution in [0.25, 0.3) is 0 Å². The van der Waals surface area contributed by atoms with Gasteiger partial charge in [-0.25, -0.2) is 4.57 Å². The van der Waals surface area contributed by atoms with Crippen molar-refractivity contribution in [1.29, 1.82) is 0 Å². The number of carbonyl (C=O) groups is 3. The van der Waals surface area contributed by atoms with Crippen LogP contribution in [0.3, 0.4) is 0 Å². The van der Waals surface area contributed by atoms with E-state index < -0.39 is 57.8 Å². The number of phosphoric acid groups is 1. The second kappa shape index (κ2) is 62.0. The lowest BCUT2D eigenvalue weighted by Gasteiger charge is -2.21. The van der Waals surface area contributed by atoms with Crippen LogP contribution < -0.4 is 0 Å². The highest BCUT2D eigenvalue weighted by molar-refractivity contribution is 7.47. The smallest absolute Gasteiger partial charge is 0.462 e. The van der Waals surface area contributed by atoms with Crippen LogP contribution in [0.4, 0.5) is 0 Å². The summed E-state index contributed by atoms with van der Waals surface area (Å²) >= 11 is 0. The lowest BCUT2D eigenvalue weighted by atomic mass is 10.1. The summed E-state index contributed by atoms with van der Waals surface area (Å²) in [5.74, 6) is -1.47. The van der Waals surface area contributed by atoms with Gasteiger partial charge in [-0.3, -0.25) is 23.4 Å². The van der Waals surface area contributed by atoms with Gasteiger partial charge in [0, 0.05) is 19.3 Å². The van der Waals surface area contributed by atoms with Gasteiger partial charge in [-0.15, -0.1) is 0 Å². The van der Waals surface area contributed by atoms with Gasteiger partial charge in [0.05, 0.1) is 19.8 Å². The fraction of sp³-hybridized carbons (Fsp3) is 0.779. The molecule has 0 aromatic carbocycles. The highest BCUT2D eigenvalue weighted by Crippen LogP contribution is 2.43. The monoisotopic (exact) mass is 1140 g/mol. The Morgan fingerprint density at radius 2 is 0.650 bits per heavy atom. The van der Waals surface area contributed by atoms with Crippen molar-refractivity contribution in [2.24, 2.45) is 0 Å². The molecule has 0 spiro atoms. The molecule has 0 aromatic heterocycles. The third-order valence-electron chi connectivity index (χ3n) is 14.1. The second-order valence-electron chi connectivity index (χ2n) is 21.9. The average Bonchev–Trinajstić information content (AvgIpc) is 3.45. The third-order valence-corrected chi connectivity index (χ3v) is 15.0. The molecule has 0 aromatic rings. The molecule has 80 heavy (non-hydrogen) atoms. The van der Waals surface area contributed by atoms with E-state index in [9.17, 15) is 28.9 Å². The first-order chi connectivity index (χ1) is 39.2. The van der Waals surface area contributed by atoms with Crippen LogP contribution in [0.1, 0.15) is 303 Å². The molecule has 464 valence electrons. The van der Waals surface area contributed by atoms with Crippen LogP contribution in [0.5, 0.6) is 0 Å². The van der Waals surface area contributed by atoms with E-state index in [1.807, 2.05) is 0 Å². The molecule has 0 aliphatic rings. The number of carbonyl (C=O) groups excluding carboxylic acids is 3. The number of esters is 3. The van der Waals surface area contributed by atoms with E-state index >= 15 is 0 Å². The van der Waals surface area contributed by atoms with Gasteiger partial charge in [0.15, 0.2) is 6.10 Å². The molecule has 12 heteroatoms. The van der Waals surface area contributed by atoms with Gasteiger partial charge < -0.3 is 24.2 Å². The molecule has 0 saturated heterocycles. The normalized spacial score (nSPS) is 13.7. The number of unbranched alkanes of at least 4 members (excludes halogenated alkanes) is 32. The van der Waals surface area contributed by atoms with Gasteiger partial charge in [-0.05, 0) is 109 Å². The molecule has 0 aliphatic heterocycles. The van der Waals surface area contributed by atoms with E-state index in [4.69, 9.17) is 23.3 Å². The molecule has 3 atom stereocenters. The van der Waals surface area contributed by atoms with Gasteiger partial charge >= 0.3 is 25.7 Å². The molecule has 0 amide bonds. The maximum absolute atomic E-state index is 13.0. The number of rotatable bonds is 61. The highest BCUT2D eigenvalue weighted by Gasteiger charge is 2.28. The van der Waals surface area contributed by atoms with Crippen LogP contribution in [0.15, 0.2) is 72.9 Å². The quantitative estimate of drug-likeness (QED) is 0.0197. The summed E-state index contributed by atoms with van der Waals surface area (Å²) in [5, 5.41) is 9.86. The summed E-state index contributed by atoms with van der Waals surface area (Å²) in [4.78, 5) is 48.8. The van der Waals surface area contributed by atoms with Gasteiger partial charge in [0.25, 0.3) is 0 Å². The van der Waals surface area contributed by atoms with Crippen molar-refractivity contribution in [1.82, 2.24) is 0 Å². The summed E-state index contributed by atoms with van der Waals surface area (Å²) in [7, 11) is -4.76. The number of aliphatic hydroxyl groups excluding tert-OH is 1. The van der Waals surface area contributed by atoms with Gasteiger partial charge in [0.1, 0.15) is 12.7 Å². The van der Waals surface area contributed by atoms with Crippen molar-refractivity contribution in [3.05, 3.63) is 72.9 Å². The van der Waals surface area contributed by atoms with E-state index in [1.54, 1.807) is 0 Å². The minimum Gasteiger partial charge on any atom is -0.462 e. The summed E-state index contributed by atoms with van der Waals surface area (Å²) in [6.45, 7) is 4.53.